The van der Waals surface area contributed by atoms with Gasteiger partial charge < -0.3 is 29.9 Å². The van der Waals surface area contributed by atoms with Crippen LogP contribution >= 0.6 is 15.9 Å². The number of aliphatic imine (C=N–C) groups is 1. The summed E-state index contributed by atoms with van der Waals surface area (Å²) < 4.78 is 12.1. The van der Waals surface area contributed by atoms with E-state index in [-0.39, 0.29) is 12.4 Å². The molecule has 2 aliphatic heterocycles. The number of para-hydroxylation sites is 1. The third-order valence-corrected chi connectivity index (χ3v) is 6.12. The van der Waals surface area contributed by atoms with Crippen molar-refractivity contribution in [3.63, 3.8) is 0 Å². The highest BCUT2D eigenvalue weighted by Crippen LogP contribution is 2.33. The lowest BCUT2D eigenvalue weighted by Crippen LogP contribution is -2.50. The minimum Gasteiger partial charge on any atom is -0.495 e. The summed E-state index contributed by atoms with van der Waals surface area (Å²) in [5.41, 5.74) is 3.45. The Morgan fingerprint density at radius 2 is 1.94 bits per heavy atom. The van der Waals surface area contributed by atoms with Crippen LogP contribution in [0.2, 0.25) is 0 Å². The van der Waals surface area contributed by atoms with Gasteiger partial charge in [-0.3, -0.25) is 0 Å². The van der Waals surface area contributed by atoms with Gasteiger partial charge in [-0.05, 0) is 54.9 Å². The van der Waals surface area contributed by atoms with Gasteiger partial charge in [-0.2, -0.15) is 0 Å². The van der Waals surface area contributed by atoms with Crippen LogP contribution in [-0.4, -0.2) is 62.4 Å². The Labute approximate surface area is 203 Å². The Morgan fingerprint density at radius 3 is 2.64 bits per heavy atom. The zero-order valence-corrected chi connectivity index (χ0v) is 21.0. The summed E-state index contributed by atoms with van der Waals surface area (Å²) in [6.45, 7) is 8.35. The second kappa shape index (κ2) is 9.51. The fourth-order valence-corrected chi connectivity index (χ4v) is 4.32. The zero-order valence-electron chi connectivity index (χ0n) is 19.4. The van der Waals surface area contributed by atoms with Crippen molar-refractivity contribution in [1.82, 2.24) is 4.90 Å². The summed E-state index contributed by atoms with van der Waals surface area (Å²) in [4.78, 5) is 20.9. The van der Waals surface area contributed by atoms with E-state index in [9.17, 15) is 4.79 Å². The van der Waals surface area contributed by atoms with Crippen molar-refractivity contribution < 1.29 is 14.3 Å². The van der Waals surface area contributed by atoms with Gasteiger partial charge in [0.1, 0.15) is 11.4 Å². The molecular formula is C24H30BrN5O3. The Balaban J connectivity index is 1.40. The van der Waals surface area contributed by atoms with Crippen LogP contribution in [0.5, 0.6) is 5.75 Å². The van der Waals surface area contributed by atoms with E-state index in [1.807, 2.05) is 57.3 Å². The van der Waals surface area contributed by atoms with Crippen LogP contribution in [0, 0.1) is 0 Å². The minimum absolute atomic E-state index is 0.256. The van der Waals surface area contributed by atoms with Crippen molar-refractivity contribution in [2.24, 2.45) is 4.99 Å². The molecule has 1 fully saturated rings. The number of rotatable bonds is 4. The lowest BCUT2D eigenvalue weighted by Gasteiger charge is -2.37. The number of ether oxygens (including phenoxy) is 2. The number of amides is 1. The molecule has 2 aromatic carbocycles. The van der Waals surface area contributed by atoms with Crippen LogP contribution in [-0.2, 0) is 4.74 Å². The number of nitrogens with zero attached hydrogens (tertiary/aromatic N) is 3. The van der Waals surface area contributed by atoms with E-state index in [0.29, 0.717) is 13.1 Å². The molecule has 2 heterocycles. The second-order valence-corrected chi connectivity index (χ2v) is 9.87. The van der Waals surface area contributed by atoms with Gasteiger partial charge in [0, 0.05) is 54.2 Å². The average molecular weight is 516 g/mol. The van der Waals surface area contributed by atoms with E-state index in [1.165, 1.54) is 0 Å². The van der Waals surface area contributed by atoms with Crippen LogP contribution in [0.1, 0.15) is 26.3 Å². The molecule has 8 nitrogen and oxygen atoms in total. The van der Waals surface area contributed by atoms with E-state index in [2.05, 4.69) is 42.5 Å². The molecule has 1 amide bonds. The lowest BCUT2D eigenvalue weighted by atomic mass is 10.1. The maximum Gasteiger partial charge on any atom is 0.410 e. The van der Waals surface area contributed by atoms with Crippen molar-refractivity contribution >= 4 is 45.3 Å². The molecule has 2 aliphatic rings. The molecule has 0 spiro atoms. The fourth-order valence-electron chi connectivity index (χ4n) is 3.82. The molecule has 9 heteroatoms. The van der Waals surface area contributed by atoms with E-state index in [0.717, 1.165) is 45.9 Å². The van der Waals surface area contributed by atoms with E-state index < -0.39 is 5.60 Å². The van der Waals surface area contributed by atoms with Gasteiger partial charge in [-0.15, -0.1) is 0 Å². The van der Waals surface area contributed by atoms with E-state index in [4.69, 9.17) is 9.47 Å². The molecule has 0 saturated carbocycles. The van der Waals surface area contributed by atoms with Gasteiger partial charge in [-0.25, -0.2) is 9.79 Å². The number of benzene rings is 2. The molecule has 4 rings (SSSR count). The molecule has 2 N–H and O–H groups in total. The van der Waals surface area contributed by atoms with E-state index in [1.54, 1.807) is 12.0 Å². The number of anilines is 3. The van der Waals surface area contributed by atoms with Gasteiger partial charge in [0.2, 0.25) is 0 Å². The molecular weight excluding hydrogens is 486 g/mol. The van der Waals surface area contributed by atoms with Crippen molar-refractivity contribution in [3.8, 4) is 5.75 Å². The maximum atomic E-state index is 12.3. The largest absolute Gasteiger partial charge is 0.495 e. The molecule has 0 bridgehead atoms. The van der Waals surface area contributed by atoms with Crippen LogP contribution in [0.4, 0.5) is 21.9 Å². The third-order valence-electron chi connectivity index (χ3n) is 5.46. The third kappa shape index (κ3) is 5.52. The predicted molar refractivity (Wildman–Crippen MR) is 136 cm³/mol. The number of piperazine rings is 1. The van der Waals surface area contributed by atoms with Gasteiger partial charge in [0.15, 0.2) is 6.29 Å². The topological polar surface area (TPSA) is 78.4 Å². The van der Waals surface area contributed by atoms with Crippen molar-refractivity contribution in [3.05, 3.63) is 46.4 Å². The van der Waals surface area contributed by atoms with Crippen molar-refractivity contribution in [1.29, 1.82) is 0 Å². The SMILES string of the molecule is COc1cc(N2CCN(C(=O)OC(C)(C)C)CC2)ccc1NC1N=Cc2cccc(Br)c2N1. The molecule has 1 unspecified atom stereocenters. The Bertz CT molecular complexity index is 1040. The van der Waals surface area contributed by atoms with Crippen LogP contribution in [0.15, 0.2) is 45.9 Å². The van der Waals surface area contributed by atoms with Gasteiger partial charge in [-0.1, -0.05) is 12.1 Å². The van der Waals surface area contributed by atoms with Gasteiger partial charge >= 0.3 is 6.09 Å². The first-order valence-electron chi connectivity index (χ1n) is 11.0. The number of carbonyl (C=O) groups is 1. The molecule has 2 aromatic rings. The first kappa shape index (κ1) is 23.2. The highest BCUT2D eigenvalue weighted by Gasteiger charge is 2.26. The minimum atomic E-state index is -0.486. The van der Waals surface area contributed by atoms with Crippen molar-refractivity contribution in [2.75, 3.05) is 48.8 Å². The quantitative estimate of drug-likeness (QED) is 0.611. The number of halogens is 1. The highest BCUT2D eigenvalue weighted by molar-refractivity contribution is 9.10. The summed E-state index contributed by atoms with van der Waals surface area (Å²) >= 11 is 3.59. The summed E-state index contributed by atoms with van der Waals surface area (Å²) in [6, 6.07) is 12.1. The standard InChI is InChI=1S/C24H30BrN5O3/c1-24(2,3)33-23(31)30-12-10-29(11-13-30)17-8-9-19(20(14-17)32-4)27-22-26-15-16-6-5-7-18(25)21(16)28-22/h5-9,14-15,22,27-28H,10-13H2,1-4H3. The summed E-state index contributed by atoms with van der Waals surface area (Å²) in [5.74, 6) is 0.733. The first-order valence-corrected chi connectivity index (χ1v) is 11.8. The zero-order chi connectivity index (χ0) is 23.6. The predicted octanol–water partition coefficient (Wildman–Crippen LogP) is 4.75. The van der Waals surface area contributed by atoms with Crippen LogP contribution in [0.3, 0.4) is 0 Å². The highest BCUT2D eigenvalue weighted by atomic mass is 79.9. The Morgan fingerprint density at radius 1 is 1.18 bits per heavy atom. The summed E-state index contributed by atoms with van der Waals surface area (Å²) in [5, 5.41) is 6.80. The number of methoxy groups -OCH3 is 1. The van der Waals surface area contributed by atoms with Crippen LogP contribution in [0.25, 0.3) is 0 Å². The molecule has 0 aromatic heterocycles. The second-order valence-electron chi connectivity index (χ2n) is 9.01. The maximum absolute atomic E-state index is 12.3. The van der Waals surface area contributed by atoms with Gasteiger partial charge in [0.25, 0.3) is 0 Å². The summed E-state index contributed by atoms with van der Waals surface area (Å²) in [7, 11) is 1.66. The number of nitrogens with one attached hydrogen (secondary N) is 2. The Hall–Kier alpha value is -2.94. The molecule has 33 heavy (non-hydrogen) atoms. The smallest absolute Gasteiger partial charge is 0.410 e. The molecule has 176 valence electrons. The number of fused-ring (bicyclic) bond motifs is 1. The average Bonchev–Trinajstić information content (AvgIpc) is 2.79. The molecule has 0 radical (unpaired) electrons. The first-order chi connectivity index (χ1) is 15.7. The molecule has 1 atom stereocenters. The fraction of sp³-hybridized carbons (Fsp3) is 0.417. The monoisotopic (exact) mass is 515 g/mol. The lowest BCUT2D eigenvalue weighted by molar-refractivity contribution is 0.0240. The van der Waals surface area contributed by atoms with Crippen molar-refractivity contribution in [2.45, 2.75) is 32.7 Å². The molecule has 1 saturated heterocycles. The van der Waals surface area contributed by atoms with Gasteiger partial charge in [0.05, 0.1) is 18.5 Å². The number of carbonyl (C=O) groups excluding carboxylic acids is 1. The summed E-state index contributed by atoms with van der Waals surface area (Å²) in [6.07, 6.45) is 1.29. The number of hydrogen-bond acceptors (Lipinski definition) is 7. The van der Waals surface area contributed by atoms with Crippen LogP contribution < -0.4 is 20.3 Å². The van der Waals surface area contributed by atoms with E-state index >= 15 is 0 Å². The number of hydrogen-bond donors (Lipinski definition) is 2. The Kier molecular flexibility index (Phi) is 6.69. The molecule has 0 aliphatic carbocycles. The normalized spacial score (nSPS) is 17.8.